The van der Waals surface area contributed by atoms with E-state index in [1.165, 1.54) is 0 Å². The van der Waals surface area contributed by atoms with Gasteiger partial charge in [-0.2, -0.15) is 4.98 Å². The van der Waals surface area contributed by atoms with Crippen LogP contribution in [0.25, 0.3) is 11.5 Å². The predicted molar refractivity (Wildman–Crippen MR) is 66.3 cm³/mol. The molecule has 1 N–H and O–H groups in total. The molecule has 1 heterocycles. The third-order valence-corrected chi connectivity index (χ3v) is 2.66. The van der Waals surface area contributed by atoms with E-state index in [1.54, 1.807) is 19.2 Å². The van der Waals surface area contributed by atoms with Crippen molar-refractivity contribution in [1.82, 2.24) is 10.1 Å². The van der Waals surface area contributed by atoms with E-state index in [4.69, 9.17) is 9.26 Å². The van der Waals surface area contributed by atoms with E-state index in [0.29, 0.717) is 18.3 Å². The molecule has 0 atom stereocenters. The van der Waals surface area contributed by atoms with Crippen LogP contribution in [-0.2, 0) is 11.2 Å². The molecular weight excluding hydrogens is 232 g/mol. The fourth-order valence-corrected chi connectivity index (χ4v) is 1.64. The second-order valence-electron chi connectivity index (χ2n) is 4.11. The van der Waals surface area contributed by atoms with Gasteiger partial charge in [0.2, 0.25) is 0 Å². The zero-order valence-corrected chi connectivity index (χ0v) is 10.5. The SMILES string of the molecule is COCCCc1noc(-c2ccc(O)c(C)c2)n1. The van der Waals surface area contributed by atoms with Crippen molar-refractivity contribution in [2.24, 2.45) is 0 Å². The Hall–Kier alpha value is -1.88. The smallest absolute Gasteiger partial charge is 0.257 e. The largest absolute Gasteiger partial charge is 0.508 e. The number of hydrogen-bond acceptors (Lipinski definition) is 5. The quantitative estimate of drug-likeness (QED) is 0.822. The van der Waals surface area contributed by atoms with Gasteiger partial charge < -0.3 is 14.4 Å². The molecule has 5 nitrogen and oxygen atoms in total. The summed E-state index contributed by atoms with van der Waals surface area (Å²) in [6.07, 6.45) is 1.60. The van der Waals surface area contributed by atoms with Gasteiger partial charge in [-0.15, -0.1) is 0 Å². The molecule has 1 aromatic heterocycles. The third-order valence-electron chi connectivity index (χ3n) is 2.66. The number of benzene rings is 1. The Labute approximate surface area is 105 Å². The molecule has 2 aromatic rings. The van der Waals surface area contributed by atoms with Crippen LogP contribution in [0.2, 0.25) is 0 Å². The summed E-state index contributed by atoms with van der Waals surface area (Å²) in [5.74, 6) is 1.41. The molecule has 0 aliphatic carbocycles. The van der Waals surface area contributed by atoms with Gasteiger partial charge in [0.25, 0.3) is 5.89 Å². The fraction of sp³-hybridized carbons (Fsp3) is 0.385. The Kier molecular flexibility index (Phi) is 3.94. The fourth-order valence-electron chi connectivity index (χ4n) is 1.64. The summed E-state index contributed by atoms with van der Waals surface area (Å²) in [6, 6.07) is 5.20. The normalized spacial score (nSPS) is 10.8. The summed E-state index contributed by atoms with van der Waals surface area (Å²) in [6.45, 7) is 2.51. The molecule has 0 saturated heterocycles. The van der Waals surface area contributed by atoms with Crippen molar-refractivity contribution in [2.75, 3.05) is 13.7 Å². The summed E-state index contributed by atoms with van der Waals surface area (Å²) < 4.78 is 10.2. The first-order valence-corrected chi connectivity index (χ1v) is 5.82. The second-order valence-corrected chi connectivity index (χ2v) is 4.11. The van der Waals surface area contributed by atoms with Crippen LogP contribution in [0.3, 0.4) is 0 Å². The first-order chi connectivity index (χ1) is 8.70. The van der Waals surface area contributed by atoms with Gasteiger partial charge in [0.15, 0.2) is 5.82 Å². The topological polar surface area (TPSA) is 68.4 Å². The Morgan fingerprint density at radius 1 is 1.39 bits per heavy atom. The van der Waals surface area contributed by atoms with Crippen molar-refractivity contribution in [2.45, 2.75) is 19.8 Å². The van der Waals surface area contributed by atoms with Crippen molar-refractivity contribution in [3.63, 3.8) is 0 Å². The predicted octanol–water partition coefficient (Wildman–Crippen LogP) is 2.33. The van der Waals surface area contributed by atoms with Gasteiger partial charge in [-0.25, -0.2) is 0 Å². The van der Waals surface area contributed by atoms with E-state index in [1.807, 2.05) is 13.0 Å². The first kappa shape index (κ1) is 12.6. The van der Waals surface area contributed by atoms with Gasteiger partial charge in [-0.05, 0) is 37.1 Å². The number of methoxy groups -OCH3 is 1. The molecule has 0 radical (unpaired) electrons. The molecule has 5 heteroatoms. The molecule has 0 aliphatic rings. The van der Waals surface area contributed by atoms with E-state index < -0.39 is 0 Å². The zero-order valence-electron chi connectivity index (χ0n) is 10.5. The first-order valence-electron chi connectivity index (χ1n) is 5.82. The lowest BCUT2D eigenvalue weighted by Gasteiger charge is -1.99. The molecule has 0 bridgehead atoms. The van der Waals surface area contributed by atoms with E-state index in [-0.39, 0.29) is 5.75 Å². The summed E-state index contributed by atoms with van der Waals surface area (Å²) in [5.41, 5.74) is 1.60. The van der Waals surface area contributed by atoms with Crippen LogP contribution >= 0.6 is 0 Å². The van der Waals surface area contributed by atoms with Gasteiger partial charge >= 0.3 is 0 Å². The maximum absolute atomic E-state index is 9.46. The lowest BCUT2D eigenvalue weighted by atomic mass is 10.1. The maximum Gasteiger partial charge on any atom is 0.257 e. The lowest BCUT2D eigenvalue weighted by Crippen LogP contribution is -1.94. The van der Waals surface area contributed by atoms with Gasteiger partial charge in [-0.1, -0.05) is 5.16 Å². The maximum atomic E-state index is 9.46. The molecular formula is C13H16N2O3. The summed E-state index contributed by atoms with van der Waals surface area (Å²) in [7, 11) is 1.67. The van der Waals surface area contributed by atoms with Crippen LogP contribution in [0, 0.1) is 6.92 Å². The number of aromatic hydroxyl groups is 1. The zero-order chi connectivity index (χ0) is 13.0. The standard InChI is InChI=1S/C13H16N2O3/c1-9-8-10(5-6-11(9)16)13-14-12(15-18-13)4-3-7-17-2/h5-6,8,16H,3-4,7H2,1-2H3. The summed E-state index contributed by atoms with van der Waals surface area (Å²) in [4.78, 5) is 4.31. The Balaban J connectivity index is 2.11. The van der Waals surface area contributed by atoms with Gasteiger partial charge in [0.1, 0.15) is 5.75 Å². The molecule has 1 aromatic carbocycles. The number of hydrogen-bond donors (Lipinski definition) is 1. The minimum atomic E-state index is 0.263. The minimum absolute atomic E-state index is 0.263. The van der Waals surface area contributed by atoms with Crippen molar-refractivity contribution >= 4 is 0 Å². The number of phenolic OH excluding ortho intramolecular Hbond substituents is 1. The van der Waals surface area contributed by atoms with Gasteiger partial charge in [0.05, 0.1) is 0 Å². The highest BCUT2D eigenvalue weighted by Crippen LogP contribution is 2.24. The second kappa shape index (κ2) is 5.64. The Morgan fingerprint density at radius 2 is 2.22 bits per heavy atom. The third kappa shape index (κ3) is 2.87. The van der Waals surface area contributed by atoms with Crippen molar-refractivity contribution in [3.05, 3.63) is 29.6 Å². The van der Waals surface area contributed by atoms with Crippen LogP contribution in [0.15, 0.2) is 22.7 Å². The number of aryl methyl sites for hydroxylation is 2. The Bertz CT molecular complexity index is 523. The van der Waals surface area contributed by atoms with Crippen molar-refractivity contribution in [3.8, 4) is 17.2 Å². The van der Waals surface area contributed by atoms with E-state index in [9.17, 15) is 5.11 Å². The number of aromatic nitrogens is 2. The highest BCUT2D eigenvalue weighted by atomic mass is 16.5. The number of phenols is 1. The van der Waals surface area contributed by atoms with Crippen molar-refractivity contribution in [1.29, 1.82) is 0 Å². The van der Waals surface area contributed by atoms with Crippen LogP contribution in [0.4, 0.5) is 0 Å². The average molecular weight is 248 g/mol. The molecule has 2 rings (SSSR count). The number of ether oxygens (including phenoxy) is 1. The van der Waals surface area contributed by atoms with Crippen LogP contribution in [0.5, 0.6) is 5.75 Å². The molecule has 0 saturated carbocycles. The van der Waals surface area contributed by atoms with Crippen LogP contribution in [-0.4, -0.2) is 29.0 Å². The van der Waals surface area contributed by atoms with E-state index in [2.05, 4.69) is 10.1 Å². The summed E-state index contributed by atoms with van der Waals surface area (Å²) in [5, 5.41) is 13.4. The molecule has 0 unspecified atom stereocenters. The molecule has 96 valence electrons. The highest BCUT2D eigenvalue weighted by Gasteiger charge is 2.09. The molecule has 0 aliphatic heterocycles. The highest BCUT2D eigenvalue weighted by molar-refractivity contribution is 5.56. The lowest BCUT2D eigenvalue weighted by molar-refractivity contribution is 0.194. The van der Waals surface area contributed by atoms with E-state index in [0.717, 1.165) is 24.0 Å². The minimum Gasteiger partial charge on any atom is -0.508 e. The Morgan fingerprint density at radius 3 is 2.94 bits per heavy atom. The number of rotatable bonds is 5. The molecule has 18 heavy (non-hydrogen) atoms. The monoisotopic (exact) mass is 248 g/mol. The van der Waals surface area contributed by atoms with Crippen LogP contribution in [0.1, 0.15) is 17.8 Å². The molecule has 0 spiro atoms. The van der Waals surface area contributed by atoms with Gasteiger partial charge in [-0.3, -0.25) is 0 Å². The average Bonchev–Trinajstić information content (AvgIpc) is 2.82. The van der Waals surface area contributed by atoms with Crippen molar-refractivity contribution < 1.29 is 14.4 Å². The number of nitrogens with zero attached hydrogens (tertiary/aromatic N) is 2. The molecule has 0 amide bonds. The van der Waals surface area contributed by atoms with Crippen LogP contribution < -0.4 is 0 Å². The van der Waals surface area contributed by atoms with E-state index >= 15 is 0 Å². The summed E-state index contributed by atoms with van der Waals surface area (Å²) >= 11 is 0. The van der Waals surface area contributed by atoms with Gasteiger partial charge in [0, 0.05) is 25.7 Å². The molecule has 0 fully saturated rings.